The molecule has 0 fully saturated rings. The van der Waals surface area contributed by atoms with Crippen molar-refractivity contribution in [1.82, 2.24) is 10.5 Å². The van der Waals surface area contributed by atoms with Crippen LogP contribution in [-0.2, 0) is 20.3 Å². The predicted molar refractivity (Wildman–Crippen MR) is 89.0 cm³/mol. The normalized spacial score (nSPS) is 13.6. The number of hydroxylamine groups is 1. The van der Waals surface area contributed by atoms with Gasteiger partial charge in [0.05, 0.1) is 35.8 Å². The van der Waals surface area contributed by atoms with Gasteiger partial charge in [-0.05, 0) is 31.5 Å². The Hall–Kier alpha value is -1.54. The molecule has 1 heterocycles. The van der Waals surface area contributed by atoms with Crippen LogP contribution in [0.1, 0.15) is 19.4 Å². The Bertz CT molecular complexity index is 747. The summed E-state index contributed by atoms with van der Waals surface area (Å²) in [5, 5.41) is 10.0. The fraction of sp³-hybridized carbons (Fsp3) is 0.438. The van der Waals surface area contributed by atoms with E-state index in [0.717, 1.165) is 10.9 Å². The monoisotopic (exact) mass is 338 g/mol. The van der Waals surface area contributed by atoms with Crippen LogP contribution in [0.15, 0.2) is 36.5 Å². The zero-order valence-electron chi connectivity index (χ0n) is 13.3. The number of nitrogens with zero attached hydrogens (tertiary/aromatic N) is 1. The van der Waals surface area contributed by atoms with Crippen LogP contribution in [0.25, 0.3) is 10.9 Å². The standard InChI is InChI=1S/C16H22N2O4S/c1-12(2)22-9-15(18-19)11-23(20,21)10-13-7-14-5-3-4-6-16(14)17-8-13/h3-8,12,15,18-19H,9-11H2,1-2H3. The molecule has 0 radical (unpaired) electrons. The zero-order valence-corrected chi connectivity index (χ0v) is 14.1. The van der Waals surface area contributed by atoms with Crippen molar-refractivity contribution in [3.05, 3.63) is 42.1 Å². The molecule has 0 amide bonds. The molecule has 0 aliphatic rings. The second-order valence-electron chi connectivity index (χ2n) is 5.80. The van der Waals surface area contributed by atoms with Crippen LogP contribution >= 0.6 is 0 Å². The number of pyridine rings is 1. The van der Waals surface area contributed by atoms with E-state index in [1.165, 1.54) is 0 Å². The molecule has 1 aromatic heterocycles. The molecule has 0 aliphatic heterocycles. The zero-order chi connectivity index (χ0) is 16.9. The molecule has 1 atom stereocenters. The van der Waals surface area contributed by atoms with Gasteiger partial charge in [-0.25, -0.2) is 8.42 Å². The third-order valence-electron chi connectivity index (χ3n) is 3.30. The molecule has 2 rings (SSSR count). The van der Waals surface area contributed by atoms with Crippen molar-refractivity contribution in [2.24, 2.45) is 0 Å². The molecule has 1 aromatic carbocycles. The van der Waals surface area contributed by atoms with Crippen LogP contribution < -0.4 is 5.48 Å². The summed E-state index contributed by atoms with van der Waals surface area (Å²) in [6.45, 7) is 3.83. The fourth-order valence-corrected chi connectivity index (χ4v) is 3.81. The highest BCUT2D eigenvalue weighted by Gasteiger charge is 2.20. The molecule has 1 unspecified atom stereocenters. The van der Waals surface area contributed by atoms with Gasteiger partial charge in [-0.2, -0.15) is 5.48 Å². The second kappa shape index (κ2) is 7.83. The van der Waals surface area contributed by atoms with Gasteiger partial charge >= 0.3 is 0 Å². The van der Waals surface area contributed by atoms with E-state index in [2.05, 4.69) is 4.98 Å². The van der Waals surface area contributed by atoms with Crippen LogP contribution in [0.5, 0.6) is 0 Å². The number of sulfone groups is 1. The molecule has 6 nitrogen and oxygen atoms in total. The summed E-state index contributed by atoms with van der Waals surface area (Å²) in [4.78, 5) is 4.27. The Balaban J connectivity index is 2.06. The Morgan fingerprint density at radius 2 is 2.04 bits per heavy atom. The highest BCUT2D eigenvalue weighted by atomic mass is 32.2. The number of hydrogen-bond donors (Lipinski definition) is 2. The summed E-state index contributed by atoms with van der Waals surface area (Å²) in [5.41, 5.74) is 3.47. The Kier molecular flexibility index (Phi) is 6.06. The van der Waals surface area contributed by atoms with E-state index in [4.69, 9.17) is 9.94 Å². The van der Waals surface area contributed by atoms with Gasteiger partial charge in [0.25, 0.3) is 0 Å². The third-order valence-corrected chi connectivity index (χ3v) is 4.99. The first-order chi connectivity index (χ1) is 10.9. The number of ether oxygens (including phenoxy) is 1. The number of nitrogens with one attached hydrogen (secondary N) is 1. The largest absolute Gasteiger partial charge is 0.377 e. The van der Waals surface area contributed by atoms with Crippen molar-refractivity contribution in [2.75, 3.05) is 12.4 Å². The van der Waals surface area contributed by atoms with Gasteiger partial charge in [0.2, 0.25) is 0 Å². The average Bonchev–Trinajstić information content (AvgIpc) is 2.50. The molecule has 0 bridgehead atoms. The van der Waals surface area contributed by atoms with E-state index in [-0.39, 0.29) is 24.2 Å². The first-order valence-electron chi connectivity index (χ1n) is 7.45. The molecule has 0 spiro atoms. The SMILES string of the molecule is CC(C)OCC(CS(=O)(=O)Cc1cnc2ccccc2c1)NO. The lowest BCUT2D eigenvalue weighted by atomic mass is 10.2. The van der Waals surface area contributed by atoms with Crippen LogP contribution in [0.3, 0.4) is 0 Å². The van der Waals surface area contributed by atoms with Crippen molar-refractivity contribution < 1.29 is 18.4 Å². The number of benzene rings is 1. The fourth-order valence-electron chi connectivity index (χ4n) is 2.25. The van der Waals surface area contributed by atoms with E-state index < -0.39 is 15.9 Å². The molecular formula is C16H22N2O4S. The Labute approximate surface area is 136 Å². The van der Waals surface area contributed by atoms with Crippen molar-refractivity contribution in [1.29, 1.82) is 0 Å². The molecule has 2 aromatic rings. The molecule has 0 saturated heterocycles. The molecule has 7 heteroatoms. The molecule has 126 valence electrons. The number of para-hydroxylation sites is 1. The van der Waals surface area contributed by atoms with Gasteiger partial charge in [-0.15, -0.1) is 0 Å². The minimum Gasteiger partial charge on any atom is -0.377 e. The maximum atomic E-state index is 12.3. The lowest BCUT2D eigenvalue weighted by Crippen LogP contribution is -2.38. The number of hydrogen-bond acceptors (Lipinski definition) is 6. The van der Waals surface area contributed by atoms with E-state index in [1.807, 2.05) is 49.7 Å². The minimum atomic E-state index is -3.40. The highest BCUT2D eigenvalue weighted by molar-refractivity contribution is 7.90. The highest BCUT2D eigenvalue weighted by Crippen LogP contribution is 2.15. The first-order valence-corrected chi connectivity index (χ1v) is 9.27. The maximum absolute atomic E-state index is 12.3. The number of fused-ring (bicyclic) bond motifs is 1. The summed E-state index contributed by atoms with van der Waals surface area (Å²) < 4.78 is 30.0. The minimum absolute atomic E-state index is 0.0294. The van der Waals surface area contributed by atoms with Crippen LogP contribution in [0.4, 0.5) is 0 Å². The summed E-state index contributed by atoms with van der Waals surface area (Å²) in [6.07, 6.45) is 1.55. The van der Waals surface area contributed by atoms with Crippen molar-refractivity contribution in [2.45, 2.75) is 31.7 Å². The Morgan fingerprint density at radius 1 is 1.30 bits per heavy atom. The van der Waals surface area contributed by atoms with Gasteiger partial charge in [0.15, 0.2) is 9.84 Å². The van der Waals surface area contributed by atoms with Crippen molar-refractivity contribution >= 4 is 20.7 Å². The number of aromatic nitrogens is 1. The summed E-state index contributed by atoms with van der Waals surface area (Å²) in [7, 11) is -3.40. The van der Waals surface area contributed by atoms with E-state index in [0.29, 0.717) is 5.56 Å². The van der Waals surface area contributed by atoms with Gasteiger partial charge in [0, 0.05) is 11.6 Å². The average molecular weight is 338 g/mol. The lowest BCUT2D eigenvalue weighted by molar-refractivity contribution is 0.0279. The quantitative estimate of drug-likeness (QED) is 0.715. The molecule has 2 N–H and O–H groups in total. The van der Waals surface area contributed by atoms with Crippen molar-refractivity contribution in [3.63, 3.8) is 0 Å². The summed E-state index contributed by atoms with van der Waals surface area (Å²) in [6, 6.07) is 8.72. The van der Waals surface area contributed by atoms with E-state index in [9.17, 15) is 8.42 Å². The molecular weight excluding hydrogens is 316 g/mol. The van der Waals surface area contributed by atoms with Gasteiger partial charge in [-0.1, -0.05) is 18.2 Å². The predicted octanol–water partition coefficient (Wildman–Crippen LogP) is 1.92. The summed E-state index contributed by atoms with van der Waals surface area (Å²) in [5.74, 6) is -0.326. The van der Waals surface area contributed by atoms with Gasteiger partial charge < -0.3 is 9.94 Å². The van der Waals surface area contributed by atoms with Crippen LogP contribution in [0.2, 0.25) is 0 Å². The second-order valence-corrected chi connectivity index (χ2v) is 7.91. The first kappa shape index (κ1) is 17.8. The molecule has 0 saturated carbocycles. The van der Waals surface area contributed by atoms with E-state index >= 15 is 0 Å². The maximum Gasteiger partial charge on any atom is 0.156 e. The van der Waals surface area contributed by atoms with Crippen molar-refractivity contribution in [3.8, 4) is 0 Å². The lowest BCUT2D eigenvalue weighted by Gasteiger charge is -2.17. The molecule has 0 aliphatic carbocycles. The third kappa shape index (κ3) is 5.54. The topological polar surface area (TPSA) is 88.5 Å². The van der Waals surface area contributed by atoms with E-state index in [1.54, 1.807) is 6.20 Å². The molecule has 23 heavy (non-hydrogen) atoms. The number of rotatable bonds is 8. The van der Waals surface area contributed by atoms with Gasteiger partial charge in [-0.3, -0.25) is 4.98 Å². The smallest absolute Gasteiger partial charge is 0.156 e. The van der Waals surface area contributed by atoms with Gasteiger partial charge in [0.1, 0.15) is 0 Å². The van der Waals surface area contributed by atoms with Crippen LogP contribution in [-0.4, -0.2) is 43.1 Å². The Morgan fingerprint density at radius 3 is 2.74 bits per heavy atom. The summed E-state index contributed by atoms with van der Waals surface area (Å²) >= 11 is 0. The van der Waals surface area contributed by atoms with Crippen LogP contribution in [0, 0.1) is 0 Å².